The Hall–Kier alpha value is -3.03. The van der Waals surface area contributed by atoms with E-state index in [-0.39, 0.29) is 17.1 Å². The van der Waals surface area contributed by atoms with E-state index in [0.29, 0.717) is 36.2 Å². The van der Waals surface area contributed by atoms with Crippen molar-refractivity contribution in [1.29, 1.82) is 0 Å². The minimum Gasteiger partial charge on any atom is -0.340 e. The summed E-state index contributed by atoms with van der Waals surface area (Å²) in [5, 5.41) is 11.2. The van der Waals surface area contributed by atoms with Gasteiger partial charge in [-0.2, -0.15) is 10.1 Å². The number of aryl methyl sites for hydroxylation is 1. The summed E-state index contributed by atoms with van der Waals surface area (Å²) in [4.78, 5) is 19.9. The Morgan fingerprint density at radius 2 is 2.13 bits per heavy atom. The van der Waals surface area contributed by atoms with Crippen LogP contribution in [0.5, 0.6) is 0 Å². The summed E-state index contributed by atoms with van der Waals surface area (Å²) in [6, 6.07) is 6.06. The van der Waals surface area contributed by atoms with Crippen LogP contribution >= 0.6 is 0 Å². The number of nitrogens with zero attached hydrogens (tertiary/aromatic N) is 4. The molecular formula is C22H24FN5O2. The first-order chi connectivity index (χ1) is 14.5. The Morgan fingerprint density at radius 1 is 1.33 bits per heavy atom. The van der Waals surface area contributed by atoms with Crippen LogP contribution in [0, 0.1) is 18.7 Å². The number of aromatic amines is 1. The lowest BCUT2D eigenvalue weighted by Gasteiger charge is -2.41. The Morgan fingerprint density at radius 3 is 2.83 bits per heavy atom. The molecule has 2 aromatic heterocycles. The van der Waals surface area contributed by atoms with Crippen LogP contribution in [-0.2, 0) is 5.41 Å². The smallest absolute Gasteiger partial charge is 0.257 e. The number of rotatable bonds is 5. The Bertz CT molecular complexity index is 1060. The highest BCUT2D eigenvalue weighted by Crippen LogP contribution is 2.45. The molecule has 5 rings (SSSR count). The molecule has 1 amide bonds. The van der Waals surface area contributed by atoms with Gasteiger partial charge in [0, 0.05) is 25.6 Å². The van der Waals surface area contributed by atoms with Crippen LogP contribution in [0.3, 0.4) is 0 Å². The molecule has 0 radical (unpaired) electrons. The largest absolute Gasteiger partial charge is 0.340 e. The van der Waals surface area contributed by atoms with Gasteiger partial charge in [-0.1, -0.05) is 18.0 Å². The van der Waals surface area contributed by atoms with Crippen LogP contribution in [0.2, 0.25) is 0 Å². The average Bonchev–Trinajstić information content (AvgIpc) is 3.23. The van der Waals surface area contributed by atoms with Crippen LogP contribution in [0.4, 0.5) is 4.39 Å². The number of H-pyrrole nitrogens is 1. The fourth-order valence-corrected chi connectivity index (χ4v) is 4.59. The van der Waals surface area contributed by atoms with Crippen molar-refractivity contribution < 1.29 is 13.7 Å². The standard InChI is InChI=1S/C22H24FN5O2/c1-14-25-21(27-30-14)22(11-15-3-4-15)9-2-10-28(13-22)20(29)18-12-24-26-19(18)16-5-7-17(23)8-6-16/h5-8,12,15H,2-4,9-11,13H2,1H3,(H,24,26). The van der Waals surface area contributed by atoms with E-state index in [1.165, 1.54) is 25.0 Å². The number of likely N-dealkylation sites (tertiary alicyclic amines) is 1. The molecule has 1 aromatic carbocycles. The van der Waals surface area contributed by atoms with E-state index in [1.807, 2.05) is 4.90 Å². The van der Waals surface area contributed by atoms with E-state index in [0.717, 1.165) is 30.7 Å². The molecular weight excluding hydrogens is 385 g/mol. The minimum atomic E-state index is -0.317. The van der Waals surface area contributed by atoms with Gasteiger partial charge in [-0.15, -0.1) is 0 Å². The first-order valence-electron chi connectivity index (χ1n) is 10.4. The highest BCUT2D eigenvalue weighted by atomic mass is 19.1. The third-order valence-corrected chi connectivity index (χ3v) is 6.24. The van der Waals surface area contributed by atoms with E-state index >= 15 is 0 Å². The second-order valence-electron chi connectivity index (χ2n) is 8.56. The fraction of sp³-hybridized carbons (Fsp3) is 0.455. The van der Waals surface area contributed by atoms with E-state index in [1.54, 1.807) is 25.3 Å². The predicted octanol–water partition coefficient (Wildman–Crippen LogP) is 3.88. The summed E-state index contributed by atoms with van der Waals surface area (Å²) in [7, 11) is 0. The lowest BCUT2D eigenvalue weighted by atomic mass is 9.74. The number of piperidine rings is 1. The van der Waals surface area contributed by atoms with Gasteiger partial charge in [-0.05, 0) is 49.4 Å². The number of hydrogen-bond acceptors (Lipinski definition) is 5. The summed E-state index contributed by atoms with van der Waals surface area (Å²) < 4.78 is 18.6. The van der Waals surface area contributed by atoms with Gasteiger partial charge >= 0.3 is 0 Å². The molecule has 2 aliphatic rings. The van der Waals surface area contributed by atoms with Gasteiger partial charge in [-0.25, -0.2) is 4.39 Å². The second kappa shape index (κ2) is 7.34. The minimum absolute atomic E-state index is 0.0804. The van der Waals surface area contributed by atoms with Crippen LogP contribution < -0.4 is 0 Å². The number of nitrogens with one attached hydrogen (secondary N) is 1. The summed E-state index contributed by atoms with van der Waals surface area (Å²) in [6.07, 6.45) is 6.81. The zero-order valence-electron chi connectivity index (χ0n) is 16.9. The lowest BCUT2D eigenvalue weighted by molar-refractivity contribution is 0.0608. The molecule has 156 valence electrons. The molecule has 1 saturated carbocycles. The first kappa shape index (κ1) is 19.0. The molecule has 1 saturated heterocycles. The van der Waals surface area contributed by atoms with E-state index in [4.69, 9.17) is 4.52 Å². The maximum Gasteiger partial charge on any atom is 0.257 e. The maximum absolute atomic E-state index is 13.5. The van der Waals surface area contributed by atoms with Crippen molar-refractivity contribution >= 4 is 5.91 Å². The number of hydrogen-bond donors (Lipinski definition) is 1. The molecule has 1 N–H and O–H groups in total. The summed E-state index contributed by atoms with van der Waals surface area (Å²) >= 11 is 0. The van der Waals surface area contributed by atoms with Crippen LogP contribution in [-0.4, -0.2) is 44.2 Å². The van der Waals surface area contributed by atoms with Gasteiger partial charge < -0.3 is 9.42 Å². The molecule has 7 nitrogen and oxygen atoms in total. The number of benzene rings is 1. The molecule has 2 fully saturated rings. The normalized spacial score (nSPS) is 21.7. The van der Waals surface area contributed by atoms with Crippen LogP contribution in [0.15, 0.2) is 35.0 Å². The number of halogens is 1. The summed E-state index contributed by atoms with van der Waals surface area (Å²) in [5.74, 6) is 1.54. The Labute approximate surface area is 173 Å². The van der Waals surface area contributed by atoms with Crippen molar-refractivity contribution in [2.24, 2.45) is 5.92 Å². The number of carbonyl (C=O) groups is 1. The Kier molecular flexibility index (Phi) is 4.64. The monoisotopic (exact) mass is 409 g/mol. The molecule has 30 heavy (non-hydrogen) atoms. The van der Waals surface area contributed by atoms with Gasteiger partial charge in [-0.3, -0.25) is 9.89 Å². The topological polar surface area (TPSA) is 87.9 Å². The van der Waals surface area contributed by atoms with Crippen molar-refractivity contribution in [3.63, 3.8) is 0 Å². The van der Waals surface area contributed by atoms with E-state index in [9.17, 15) is 9.18 Å². The average molecular weight is 409 g/mol. The molecule has 8 heteroatoms. The van der Waals surface area contributed by atoms with Crippen molar-refractivity contribution in [2.45, 2.75) is 44.4 Å². The van der Waals surface area contributed by atoms with E-state index in [2.05, 4.69) is 20.3 Å². The zero-order valence-corrected chi connectivity index (χ0v) is 16.9. The van der Waals surface area contributed by atoms with E-state index < -0.39 is 0 Å². The molecule has 3 heterocycles. The first-order valence-corrected chi connectivity index (χ1v) is 10.4. The van der Waals surface area contributed by atoms with Gasteiger partial charge in [0.05, 0.1) is 22.9 Å². The number of carbonyl (C=O) groups excluding carboxylic acids is 1. The van der Waals surface area contributed by atoms with Crippen molar-refractivity contribution in [3.05, 3.63) is 53.6 Å². The van der Waals surface area contributed by atoms with Crippen molar-refractivity contribution in [2.75, 3.05) is 13.1 Å². The second-order valence-corrected chi connectivity index (χ2v) is 8.56. The predicted molar refractivity (Wildman–Crippen MR) is 107 cm³/mol. The SMILES string of the molecule is Cc1nc(C2(CC3CC3)CCCN(C(=O)c3cn[nH]c3-c3ccc(F)cc3)C2)no1. The van der Waals surface area contributed by atoms with Crippen LogP contribution in [0.25, 0.3) is 11.3 Å². The van der Waals surface area contributed by atoms with Gasteiger partial charge in [0.2, 0.25) is 5.89 Å². The highest BCUT2D eigenvalue weighted by Gasteiger charge is 2.46. The highest BCUT2D eigenvalue weighted by molar-refractivity contribution is 5.99. The van der Waals surface area contributed by atoms with Crippen molar-refractivity contribution in [3.8, 4) is 11.3 Å². The van der Waals surface area contributed by atoms with Gasteiger partial charge in [0.15, 0.2) is 5.82 Å². The number of amides is 1. The summed E-state index contributed by atoms with van der Waals surface area (Å²) in [6.45, 7) is 3.04. The molecule has 1 atom stereocenters. The zero-order chi connectivity index (χ0) is 20.7. The molecule has 1 aliphatic carbocycles. The number of aromatic nitrogens is 4. The Balaban J connectivity index is 1.44. The van der Waals surface area contributed by atoms with Gasteiger partial charge in [0.25, 0.3) is 5.91 Å². The van der Waals surface area contributed by atoms with Crippen molar-refractivity contribution in [1.82, 2.24) is 25.2 Å². The maximum atomic E-state index is 13.5. The molecule has 3 aromatic rings. The summed E-state index contributed by atoms with van der Waals surface area (Å²) in [5.41, 5.74) is 1.56. The van der Waals surface area contributed by atoms with Crippen LogP contribution in [0.1, 0.15) is 54.2 Å². The quantitative estimate of drug-likeness (QED) is 0.691. The fourth-order valence-electron chi connectivity index (χ4n) is 4.59. The molecule has 1 unspecified atom stereocenters. The third kappa shape index (κ3) is 3.51. The third-order valence-electron chi connectivity index (χ3n) is 6.24. The van der Waals surface area contributed by atoms with Gasteiger partial charge in [0.1, 0.15) is 5.82 Å². The molecule has 1 aliphatic heterocycles. The lowest BCUT2D eigenvalue weighted by Crippen LogP contribution is -2.49. The molecule has 0 spiro atoms. The molecule has 0 bridgehead atoms.